The van der Waals surface area contributed by atoms with Crippen LogP contribution < -0.4 is 5.48 Å². The Labute approximate surface area is 153 Å². The summed E-state index contributed by atoms with van der Waals surface area (Å²) in [6, 6.07) is 2.35. The Hall–Kier alpha value is -1.99. The zero-order chi connectivity index (χ0) is 18.3. The third kappa shape index (κ3) is 2.89. The van der Waals surface area contributed by atoms with E-state index in [2.05, 4.69) is 9.88 Å². The van der Waals surface area contributed by atoms with Crippen LogP contribution in [-0.2, 0) is 17.8 Å². The van der Waals surface area contributed by atoms with Gasteiger partial charge in [-0.25, -0.2) is 5.48 Å². The smallest absolute Gasteiger partial charge is 0.276 e. The first-order valence-electron chi connectivity index (χ1n) is 9.44. The maximum absolute atomic E-state index is 11.8. The summed E-state index contributed by atoms with van der Waals surface area (Å²) in [5.41, 5.74) is 4.41. The molecule has 7 nitrogen and oxygen atoms in total. The SMILES string of the molecule is CC(=O)N1CCC[C@]2(CCC2N2CCc3cc(C(=O)NO)cnc3C2)C1. The predicted molar refractivity (Wildman–Crippen MR) is 94.5 cm³/mol. The minimum absolute atomic E-state index is 0.190. The third-order valence-electron chi connectivity index (χ3n) is 6.56. The molecule has 1 unspecified atom stereocenters. The van der Waals surface area contributed by atoms with E-state index in [9.17, 15) is 9.59 Å². The van der Waals surface area contributed by atoms with Gasteiger partial charge in [0.05, 0.1) is 11.3 Å². The molecule has 7 heteroatoms. The van der Waals surface area contributed by atoms with Gasteiger partial charge in [-0.3, -0.25) is 24.7 Å². The molecule has 1 aromatic rings. The zero-order valence-corrected chi connectivity index (χ0v) is 15.2. The van der Waals surface area contributed by atoms with Crippen molar-refractivity contribution >= 4 is 11.8 Å². The highest BCUT2D eigenvalue weighted by atomic mass is 16.5. The summed E-state index contributed by atoms with van der Waals surface area (Å²) in [6.07, 6.45) is 7.08. The monoisotopic (exact) mass is 358 g/mol. The summed E-state index contributed by atoms with van der Waals surface area (Å²) in [6.45, 7) is 5.20. The van der Waals surface area contributed by atoms with Gasteiger partial charge in [0.15, 0.2) is 0 Å². The molecule has 1 saturated carbocycles. The fraction of sp³-hybridized carbons (Fsp3) is 0.632. The van der Waals surface area contributed by atoms with Gasteiger partial charge in [0, 0.05) is 50.8 Å². The van der Waals surface area contributed by atoms with E-state index in [4.69, 9.17) is 5.21 Å². The molecule has 2 atom stereocenters. The molecule has 1 spiro atoms. The molecule has 2 amide bonds. The number of likely N-dealkylation sites (tertiary alicyclic amines) is 1. The molecule has 1 aromatic heterocycles. The lowest BCUT2D eigenvalue weighted by Crippen LogP contribution is -2.62. The molecule has 3 aliphatic rings. The number of pyridine rings is 1. The van der Waals surface area contributed by atoms with Crippen molar-refractivity contribution in [3.63, 3.8) is 0 Å². The molecule has 1 saturated heterocycles. The van der Waals surface area contributed by atoms with Crippen molar-refractivity contribution < 1.29 is 14.8 Å². The van der Waals surface area contributed by atoms with Gasteiger partial charge in [-0.2, -0.15) is 0 Å². The van der Waals surface area contributed by atoms with Gasteiger partial charge in [0.1, 0.15) is 0 Å². The lowest BCUT2D eigenvalue weighted by Gasteiger charge is -2.58. The highest BCUT2D eigenvalue weighted by Gasteiger charge is 2.51. The van der Waals surface area contributed by atoms with Crippen LogP contribution in [0.15, 0.2) is 12.3 Å². The van der Waals surface area contributed by atoms with Crippen LogP contribution in [0.2, 0.25) is 0 Å². The van der Waals surface area contributed by atoms with Crippen LogP contribution in [0.5, 0.6) is 0 Å². The number of nitrogens with zero attached hydrogens (tertiary/aromatic N) is 3. The van der Waals surface area contributed by atoms with Gasteiger partial charge in [-0.05, 0) is 43.7 Å². The van der Waals surface area contributed by atoms with Gasteiger partial charge in [0.25, 0.3) is 5.91 Å². The van der Waals surface area contributed by atoms with E-state index in [1.54, 1.807) is 12.4 Å². The number of carbonyl (C=O) groups excluding carboxylic acids is 2. The van der Waals surface area contributed by atoms with E-state index >= 15 is 0 Å². The molecular formula is C19H26N4O3. The number of rotatable bonds is 2. The maximum Gasteiger partial charge on any atom is 0.276 e. The molecule has 0 bridgehead atoms. The highest BCUT2D eigenvalue weighted by Crippen LogP contribution is 2.51. The fourth-order valence-corrected chi connectivity index (χ4v) is 5.04. The van der Waals surface area contributed by atoms with Crippen LogP contribution in [0.25, 0.3) is 0 Å². The number of fused-ring (bicyclic) bond motifs is 1. The van der Waals surface area contributed by atoms with Gasteiger partial charge in [-0.15, -0.1) is 0 Å². The van der Waals surface area contributed by atoms with Crippen molar-refractivity contribution in [1.29, 1.82) is 0 Å². The third-order valence-corrected chi connectivity index (χ3v) is 6.56. The number of carbonyl (C=O) groups is 2. The number of nitrogens with one attached hydrogen (secondary N) is 1. The number of hydrogen-bond acceptors (Lipinski definition) is 5. The Morgan fingerprint density at radius 3 is 2.88 bits per heavy atom. The van der Waals surface area contributed by atoms with Crippen molar-refractivity contribution in [3.05, 3.63) is 29.1 Å². The average Bonchev–Trinajstić information content (AvgIpc) is 2.66. The van der Waals surface area contributed by atoms with Crippen molar-refractivity contribution in [1.82, 2.24) is 20.3 Å². The summed E-state index contributed by atoms with van der Waals surface area (Å²) >= 11 is 0. The van der Waals surface area contributed by atoms with Crippen LogP contribution in [0.4, 0.5) is 0 Å². The van der Waals surface area contributed by atoms with E-state index in [0.29, 0.717) is 11.6 Å². The van der Waals surface area contributed by atoms with E-state index < -0.39 is 5.91 Å². The Kier molecular flexibility index (Phi) is 4.44. The number of piperidine rings is 1. The quantitative estimate of drug-likeness (QED) is 0.616. The normalized spacial score (nSPS) is 28.4. The largest absolute Gasteiger partial charge is 0.342 e. The maximum atomic E-state index is 11.8. The number of aromatic nitrogens is 1. The van der Waals surface area contributed by atoms with Crippen LogP contribution >= 0.6 is 0 Å². The summed E-state index contributed by atoms with van der Waals surface area (Å²) in [5.74, 6) is -0.331. The minimum Gasteiger partial charge on any atom is -0.342 e. The first-order valence-corrected chi connectivity index (χ1v) is 9.44. The fourth-order valence-electron chi connectivity index (χ4n) is 5.04. The van der Waals surface area contributed by atoms with Crippen LogP contribution in [0.1, 0.15) is 54.2 Å². The standard InChI is InChI=1S/C19H26N4O3/c1-13(24)23-7-2-5-19(12-23)6-3-17(19)22-8-4-14-9-15(18(25)21-26)10-20-16(14)11-22/h9-10,17,26H,2-8,11-12H2,1H3,(H,21,25)/t17?,19-/m0/s1. The summed E-state index contributed by atoms with van der Waals surface area (Å²) in [5, 5.41) is 8.78. The lowest BCUT2D eigenvalue weighted by molar-refractivity contribution is -0.139. The second-order valence-electron chi connectivity index (χ2n) is 7.95. The first kappa shape index (κ1) is 17.4. The second kappa shape index (κ2) is 6.63. The van der Waals surface area contributed by atoms with Gasteiger partial charge >= 0.3 is 0 Å². The molecule has 0 aromatic carbocycles. The van der Waals surface area contributed by atoms with Crippen molar-refractivity contribution in [2.24, 2.45) is 5.41 Å². The highest BCUT2D eigenvalue weighted by molar-refractivity contribution is 5.93. The lowest BCUT2D eigenvalue weighted by atomic mass is 9.59. The predicted octanol–water partition coefficient (Wildman–Crippen LogP) is 1.35. The van der Waals surface area contributed by atoms with E-state index in [-0.39, 0.29) is 11.3 Å². The molecular weight excluding hydrogens is 332 g/mol. The summed E-state index contributed by atoms with van der Waals surface area (Å²) < 4.78 is 0. The van der Waals surface area contributed by atoms with Gasteiger partial charge < -0.3 is 4.90 Å². The van der Waals surface area contributed by atoms with Gasteiger partial charge in [0.2, 0.25) is 5.91 Å². The molecule has 0 radical (unpaired) electrons. The molecule has 4 rings (SSSR count). The Morgan fingerprint density at radius 1 is 1.35 bits per heavy atom. The van der Waals surface area contributed by atoms with E-state index in [1.807, 2.05) is 11.0 Å². The number of amides is 2. The van der Waals surface area contributed by atoms with Crippen LogP contribution in [-0.4, -0.2) is 57.5 Å². The molecule has 26 heavy (non-hydrogen) atoms. The molecule has 140 valence electrons. The van der Waals surface area contributed by atoms with Crippen molar-refractivity contribution in [2.75, 3.05) is 19.6 Å². The Bertz CT molecular complexity index is 737. The van der Waals surface area contributed by atoms with E-state index in [1.165, 1.54) is 25.5 Å². The molecule has 1 aliphatic carbocycles. The van der Waals surface area contributed by atoms with Crippen LogP contribution in [0.3, 0.4) is 0 Å². The van der Waals surface area contributed by atoms with E-state index in [0.717, 1.165) is 50.3 Å². The molecule has 2 N–H and O–H groups in total. The van der Waals surface area contributed by atoms with Crippen molar-refractivity contribution in [3.8, 4) is 0 Å². The summed E-state index contributed by atoms with van der Waals surface area (Å²) in [4.78, 5) is 32.4. The molecule has 3 heterocycles. The topological polar surface area (TPSA) is 85.8 Å². The minimum atomic E-state index is -0.521. The van der Waals surface area contributed by atoms with Crippen molar-refractivity contribution in [2.45, 2.75) is 51.6 Å². The first-order chi connectivity index (χ1) is 12.5. The average molecular weight is 358 g/mol. The van der Waals surface area contributed by atoms with Crippen LogP contribution in [0, 0.1) is 5.41 Å². The number of hydrogen-bond donors (Lipinski definition) is 2. The second-order valence-corrected chi connectivity index (χ2v) is 7.95. The van der Waals surface area contributed by atoms with Gasteiger partial charge in [-0.1, -0.05) is 0 Å². The Morgan fingerprint density at radius 2 is 2.19 bits per heavy atom. The Balaban J connectivity index is 1.49. The number of hydroxylamine groups is 1. The summed E-state index contributed by atoms with van der Waals surface area (Å²) in [7, 11) is 0. The zero-order valence-electron chi connectivity index (χ0n) is 15.2. The molecule has 2 aliphatic heterocycles. The molecule has 2 fully saturated rings.